The van der Waals surface area contributed by atoms with Crippen molar-refractivity contribution in [2.45, 2.75) is 63.6 Å². The van der Waals surface area contributed by atoms with Gasteiger partial charge in [-0.1, -0.05) is 25.5 Å². The number of fused-ring (bicyclic) bond motifs is 14. The Labute approximate surface area is 171 Å². The zero-order chi connectivity index (χ0) is 21.2. The summed E-state index contributed by atoms with van der Waals surface area (Å²) in [5.41, 5.74) is 6.96. The van der Waals surface area contributed by atoms with Gasteiger partial charge in [-0.05, 0) is 49.8 Å². The van der Waals surface area contributed by atoms with Crippen molar-refractivity contribution in [3.63, 3.8) is 0 Å². The molecule has 0 fully saturated rings. The van der Waals surface area contributed by atoms with Gasteiger partial charge in [-0.25, -0.2) is 4.79 Å². The first-order chi connectivity index (χ1) is 13.9. The fourth-order valence-electron chi connectivity index (χ4n) is 3.21. The molecule has 4 N–H and O–H groups in total. The minimum absolute atomic E-state index is 0.345. The van der Waals surface area contributed by atoms with Gasteiger partial charge < -0.3 is 25.8 Å². The lowest BCUT2D eigenvalue weighted by Gasteiger charge is -2.23. The molecule has 2 aliphatic rings. The van der Waals surface area contributed by atoms with Gasteiger partial charge in [0.25, 0.3) is 0 Å². The Bertz CT molecular complexity index is 692. The van der Waals surface area contributed by atoms with Gasteiger partial charge in [-0.15, -0.1) is 0 Å². The van der Waals surface area contributed by atoms with E-state index in [9.17, 15) is 14.4 Å². The van der Waals surface area contributed by atoms with Crippen LogP contribution in [0.2, 0.25) is 0 Å². The van der Waals surface area contributed by atoms with E-state index >= 15 is 0 Å². The first-order valence-electron chi connectivity index (χ1n) is 10.1. The van der Waals surface area contributed by atoms with Crippen LogP contribution in [0.15, 0.2) is 24.3 Å². The van der Waals surface area contributed by atoms with Crippen LogP contribution < -0.4 is 21.1 Å². The highest BCUT2D eigenvalue weighted by Gasteiger charge is 2.28. The molecular formula is C21H31N3O5. The van der Waals surface area contributed by atoms with Crippen LogP contribution in [0, 0.1) is 0 Å². The van der Waals surface area contributed by atoms with E-state index in [-0.39, 0.29) is 0 Å². The van der Waals surface area contributed by atoms with Crippen molar-refractivity contribution in [2.75, 3.05) is 13.7 Å². The van der Waals surface area contributed by atoms with Gasteiger partial charge in [0.2, 0.25) is 11.8 Å². The number of carbonyl (C=O) groups is 3. The van der Waals surface area contributed by atoms with Crippen LogP contribution in [0.5, 0.6) is 5.75 Å². The number of nitrogens with one attached hydrogen (secondary N) is 2. The first kappa shape index (κ1) is 22.7. The Morgan fingerprint density at radius 1 is 1.17 bits per heavy atom. The van der Waals surface area contributed by atoms with Crippen LogP contribution in [-0.4, -0.2) is 49.6 Å². The third-order valence-electron chi connectivity index (χ3n) is 4.88. The number of rotatable bonds is 3. The standard InChI is InChI=1S/C21H31N3O5/c1-3-6-17-20(26)24-18(21(27)28-2)7-4-5-12-29-15-10-8-14(9-11-15)13-16(22)19(25)23-17/h8-11,16-18H,3-7,12-13,22H2,1-2H3,(H,23,25)(H,24,26)/t16-,17-,18-/m0/s1. The molecule has 0 unspecified atom stereocenters. The van der Waals surface area contributed by atoms with Gasteiger partial charge in [0.1, 0.15) is 17.8 Å². The fourth-order valence-corrected chi connectivity index (χ4v) is 3.21. The summed E-state index contributed by atoms with van der Waals surface area (Å²) in [4.78, 5) is 37.4. The Morgan fingerprint density at radius 3 is 2.55 bits per heavy atom. The summed E-state index contributed by atoms with van der Waals surface area (Å²) in [5.74, 6) is -0.590. The lowest BCUT2D eigenvalue weighted by Crippen LogP contribution is -2.54. The molecule has 1 aromatic carbocycles. The molecule has 160 valence electrons. The summed E-state index contributed by atoms with van der Waals surface area (Å²) in [6, 6.07) is 5.13. The number of nitrogens with two attached hydrogens (primary N) is 1. The third-order valence-corrected chi connectivity index (χ3v) is 4.88. The second kappa shape index (κ2) is 11.4. The van der Waals surface area contributed by atoms with Gasteiger partial charge in [-0.2, -0.15) is 0 Å². The second-order valence-corrected chi connectivity index (χ2v) is 7.23. The molecule has 8 nitrogen and oxygen atoms in total. The van der Waals surface area contributed by atoms with Crippen molar-refractivity contribution in [3.05, 3.63) is 29.8 Å². The molecule has 29 heavy (non-hydrogen) atoms. The molecule has 2 heterocycles. The van der Waals surface area contributed by atoms with Gasteiger partial charge >= 0.3 is 5.97 Å². The fraction of sp³-hybridized carbons (Fsp3) is 0.571. The number of amides is 2. The maximum Gasteiger partial charge on any atom is 0.328 e. The molecule has 2 amide bonds. The number of carbonyl (C=O) groups excluding carboxylic acids is 3. The first-order valence-corrected chi connectivity index (χ1v) is 10.1. The van der Waals surface area contributed by atoms with Crippen LogP contribution in [0.1, 0.15) is 44.6 Å². The highest BCUT2D eigenvalue weighted by atomic mass is 16.5. The molecule has 3 rings (SSSR count). The number of methoxy groups -OCH3 is 1. The van der Waals surface area contributed by atoms with Crippen molar-refractivity contribution in [2.24, 2.45) is 5.73 Å². The van der Waals surface area contributed by atoms with Gasteiger partial charge in [0.05, 0.1) is 19.8 Å². The zero-order valence-electron chi connectivity index (χ0n) is 17.1. The molecule has 0 saturated heterocycles. The summed E-state index contributed by atoms with van der Waals surface area (Å²) in [5, 5.41) is 5.44. The lowest BCUT2D eigenvalue weighted by atomic mass is 10.0. The summed E-state index contributed by atoms with van der Waals surface area (Å²) in [6.07, 6.45) is 3.30. The van der Waals surface area contributed by atoms with E-state index in [0.29, 0.717) is 38.7 Å². The quantitative estimate of drug-likeness (QED) is 0.647. The van der Waals surface area contributed by atoms with E-state index in [1.54, 1.807) is 0 Å². The van der Waals surface area contributed by atoms with Crippen molar-refractivity contribution in [1.29, 1.82) is 0 Å². The van der Waals surface area contributed by atoms with Gasteiger partial charge in [0.15, 0.2) is 0 Å². The highest BCUT2D eigenvalue weighted by Crippen LogP contribution is 2.15. The van der Waals surface area contributed by atoms with E-state index in [1.807, 2.05) is 31.2 Å². The monoisotopic (exact) mass is 405 g/mol. The van der Waals surface area contributed by atoms with Crippen LogP contribution in [0.25, 0.3) is 0 Å². The van der Waals surface area contributed by atoms with Gasteiger partial charge in [-0.3, -0.25) is 9.59 Å². The maximum atomic E-state index is 12.7. The van der Waals surface area contributed by atoms with Crippen molar-refractivity contribution in [3.8, 4) is 5.75 Å². The maximum absolute atomic E-state index is 12.7. The molecular weight excluding hydrogens is 374 g/mol. The predicted octanol–water partition coefficient (Wildman–Crippen LogP) is 1.06. The van der Waals surface area contributed by atoms with Crippen LogP contribution in [-0.2, 0) is 25.5 Å². The molecule has 8 heteroatoms. The topological polar surface area (TPSA) is 120 Å². The van der Waals surface area contributed by atoms with Crippen molar-refractivity contribution < 1.29 is 23.9 Å². The van der Waals surface area contributed by atoms with E-state index in [4.69, 9.17) is 15.2 Å². The van der Waals surface area contributed by atoms with E-state index in [1.165, 1.54) is 7.11 Å². The molecule has 0 aliphatic carbocycles. The summed E-state index contributed by atoms with van der Waals surface area (Å²) in [7, 11) is 1.29. The second-order valence-electron chi connectivity index (χ2n) is 7.23. The number of benzene rings is 1. The van der Waals surface area contributed by atoms with E-state index in [2.05, 4.69) is 10.6 Å². The molecule has 3 atom stereocenters. The highest BCUT2D eigenvalue weighted by molar-refractivity contribution is 5.92. The average Bonchev–Trinajstić information content (AvgIpc) is 2.72. The summed E-state index contributed by atoms with van der Waals surface area (Å²) in [6.45, 7) is 2.42. The predicted molar refractivity (Wildman–Crippen MR) is 108 cm³/mol. The normalized spacial score (nSPS) is 24.0. The molecule has 2 bridgehead atoms. The molecule has 0 radical (unpaired) electrons. The van der Waals surface area contributed by atoms with Crippen molar-refractivity contribution in [1.82, 2.24) is 10.6 Å². The molecule has 2 aliphatic heterocycles. The average molecular weight is 405 g/mol. The zero-order valence-corrected chi connectivity index (χ0v) is 17.1. The van der Waals surface area contributed by atoms with E-state index in [0.717, 1.165) is 17.7 Å². The Morgan fingerprint density at radius 2 is 1.90 bits per heavy atom. The summed E-state index contributed by atoms with van der Waals surface area (Å²) < 4.78 is 10.5. The summed E-state index contributed by atoms with van der Waals surface area (Å²) >= 11 is 0. The molecule has 0 saturated carbocycles. The number of esters is 1. The molecule has 0 aromatic heterocycles. The Hall–Kier alpha value is -2.61. The van der Waals surface area contributed by atoms with Gasteiger partial charge in [0, 0.05) is 0 Å². The molecule has 0 spiro atoms. The van der Waals surface area contributed by atoms with Crippen molar-refractivity contribution >= 4 is 17.8 Å². The smallest absolute Gasteiger partial charge is 0.328 e. The van der Waals surface area contributed by atoms with Crippen LogP contribution >= 0.6 is 0 Å². The molecule has 1 aromatic rings. The largest absolute Gasteiger partial charge is 0.494 e. The van der Waals surface area contributed by atoms with E-state index < -0.39 is 35.9 Å². The number of hydrogen-bond donors (Lipinski definition) is 3. The van der Waals surface area contributed by atoms with Crippen LogP contribution in [0.3, 0.4) is 0 Å². The Kier molecular flexibility index (Phi) is 8.92. The lowest BCUT2D eigenvalue weighted by molar-refractivity contribution is -0.145. The number of ether oxygens (including phenoxy) is 2. The minimum Gasteiger partial charge on any atom is -0.494 e. The van der Waals surface area contributed by atoms with Crippen LogP contribution in [0.4, 0.5) is 0 Å². The third kappa shape index (κ3) is 7.05. The minimum atomic E-state index is -0.791. The Balaban J connectivity index is 2.20. The number of hydrogen-bond acceptors (Lipinski definition) is 6. The SMILES string of the molecule is CCC[C@@H]1NC(=O)[C@@H](N)Cc2ccc(cc2)OCCCC[C@@H](C(=O)OC)NC1=O.